The molecule has 3 aromatic rings. The molecular weight excluding hydrogens is 250 g/mol. The van der Waals surface area contributed by atoms with Crippen LogP contribution in [0.1, 0.15) is 11.4 Å². The molecule has 92 valence electrons. The molecule has 0 saturated heterocycles. The lowest BCUT2D eigenvalue weighted by Gasteiger charge is -2.01. The van der Waals surface area contributed by atoms with E-state index in [-0.39, 0.29) is 5.91 Å². The van der Waals surface area contributed by atoms with Gasteiger partial charge in [0.1, 0.15) is 0 Å². The van der Waals surface area contributed by atoms with E-state index in [9.17, 15) is 4.79 Å². The number of nitrogens with zero attached hydrogens (tertiary/aromatic N) is 3. The predicted molar refractivity (Wildman–Crippen MR) is 67.2 cm³/mol. The third-order valence-corrected chi connectivity index (χ3v) is 3.29. The Morgan fingerprint density at radius 3 is 3.28 bits per heavy atom. The van der Waals surface area contributed by atoms with E-state index < -0.39 is 0 Å². The number of thiazole rings is 1. The van der Waals surface area contributed by atoms with Crippen LogP contribution < -0.4 is 5.32 Å². The molecular formula is C11H11N5OS. The Balaban J connectivity index is 1.59. The zero-order chi connectivity index (χ0) is 12.4. The molecule has 0 saturated carbocycles. The summed E-state index contributed by atoms with van der Waals surface area (Å²) in [6, 6.07) is 0. The zero-order valence-corrected chi connectivity index (χ0v) is 10.3. The van der Waals surface area contributed by atoms with Crippen molar-refractivity contribution in [3.8, 4) is 0 Å². The number of aromatic nitrogens is 4. The van der Waals surface area contributed by atoms with Gasteiger partial charge in [0, 0.05) is 24.0 Å². The summed E-state index contributed by atoms with van der Waals surface area (Å²) in [7, 11) is 0. The molecule has 0 radical (unpaired) electrons. The van der Waals surface area contributed by atoms with Crippen LogP contribution in [0, 0.1) is 0 Å². The highest BCUT2D eigenvalue weighted by molar-refractivity contribution is 7.15. The van der Waals surface area contributed by atoms with Crippen molar-refractivity contribution in [2.45, 2.75) is 13.0 Å². The number of aromatic amines is 1. The fourth-order valence-electron chi connectivity index (χ4n) is 1.66. The van der Waals surface area contributed by atoms with Crippen LogP contribution in [0.15, 0.2) is 30.3 Å². The van der Waals surface area contributed by atoms with Crippen LogP contribution in [0.25, 0.3) is 4.96 Å². The third-order valence-electron chi connectivity index (χ3n) is 2.52. The van der Waals surface area contributed by atoms with Gasteiger partial charge in [-0.25, -0.2) is 9.97 Å². The molecule has 0 atom stereocenters. The summed E-state index contributed by atoms with van der Waals surface area (Å²) in [5.41, 5.74) is 1.66. The molecule has 3 aromatic heterocycles. The van der Waals surface area contributed by atoms with Crippen LogP contribution in [-0.4, -0.2) is 25.3 Å². The third kappa shape index (κ3) is 2.25. The van der Waals surface area contributed by atoms with Crippen LogP contribution >= 0.6 is 11.3 Å². The Kier molecular flexibility index (Phi) is 2.81. The molecule has 0 aromatic carbocycles. The second kappa shape index (κ2) is 4.61. The van der Waals surface area contributed by atoms with Gasteiger partial charge in [-0.15, -0.1) is 11.3 Å². The summed E-state index contributed by atoms with van der Waals surface area (Å²) < 4.78 is 1.92. The molecule has 0 aliphatic heterocycles. The van der Waals surface area contributed by atoms with Crippen molar-refractivity contribution in [3.05, 3.63) is 41.7 Å². The summed E-state index contributed by atoms with van der Waals surface area (Å²) in [5, 5.41) is 4.78. The minimum absolute atomic E-state index is 0.0460. The maximum atomic E-state index is 11.7. The number of carbonyl (C=O) groups excluding carboxylic acids is 1. The van der Waals surface area contributed by atoms with Gasteiger partial charge in [-0.05, 0) is 0 Å². The summed E-state index contributed by atoms with van der Waals surface area (Å²) in [6.07, 6.45) is 7.38. The minimum Gasteiger partial charge on any atom is -0.350 e. The van der Waals surface area contributed by atoms with E-state index in [1.165, 1.54) is 0 Å². The Bertz CT molecular complexity index is 625. The standard InChI is InChI=1S/C11H11N5OS/c17-10(13-5-9-4-12-7-14-9)3-8-6-16-1-2-18-11(16)15-8/h1-2,4,6-7H,3,5H2,(H,12,14)(H,13,17). The predicted octanol–water partition coefficient (Wildman–Crippen LogP) is 0.978. The maximum Gasteiger partial charge on any atom is 0.226 e. The number of H-pyrrole nitrogens is 1. The first kappa shape index (κ1) is 11.0. The second-order valence-corrected chi connectivity index (χ2v) is 4.73. The van der Waals surface area contributed by atoms with E-state index in [2.05, 4.69) is 20.3 Å². The quantitative estimate of drug-likeness (QED) is 0.735. The van der Waals surface area contributed by atoms with Crippen LogP contribution in [0.5, 0.6) is 0 Å². The van der Waals surface area contributed by atoms with Crippen molar-refractivity contribution in [2.24, 2.45) is 0 Å². The molecule has 7 heteroatoms. The van der Waals surface area contributed by atoms with E-state index >= 15 is 0 Å². The maximum absolute atomic E-state index is 11.7. The molecule has 0 bridgehead atoms. The molecule has 3 rings (SSSR count). The van der Waals surface area contributed by atoms with E-state index in [1.807, 2.05) is 22.2 Å². The van der Waals surface area contributed by atoms with Gasteiger partial charge in [0.15, 0.2) is 4.96 Å². The SMILES string of the molecule is O=C(Cc1cn2ccsc2n1)NCc1cnc[nH]1. The van der Waals surface area contributed by atoms with Crippen LogP contribution in [-0.2, 0) is 17.8 Å². The fraction of sp³-hybridized carbons (Fsp3) is 0.182. The Morgan fingerprint density at radius 2 is 2.50 bits per heavy atom. The summed E-state index contributed by atoms with van der Waals surface area (Å²) in [4.78, 5) is 23.8. The van der Waals surface area contributed by atoms with Crippen LogP contribution in [0.4, 0.5) is 0 Å². The van der Waals surface area contributed by atoms with Gasteiger partial charge < -0.3 is 10.3 Å². The van der Waals surface area contributed by atoms with E-state index in [0.717, 1.165) is 16.3 Å². The van der Waals surface area contributed by atoms with E-state index in [0.29, 0.717) is 13.0 Å². The molecule has 2 N–H and O–H groups in total. The zero-order valence-electron chi connectivity index (χ0n) is 9.46. The lowest BCUT2D eigenvalue weighted by Crippen LogP contribution is -2.24. The topological polar surface area (TPSA) is 75.1 Å². The molecule has 0 spiro atoms. The molecule has 3 heterocycles. The summed E-state index contributed by atoms with van der Waals surface area (Å²) in [6.45, 7) is 0.459. The normalized spacial score (nSPS) is 10.9. The molecule has 18 heavy (non-hydrogen) atoms. The highest BCUT2D eigenvalue weighted by atomic mass is 32.1. The highest BCUT2D eigenvalue weighted by Gasteiger charge is 2.08. The van der Waals surface area contributed by atoms with E-state index in [1.54, 1.807) is 23.9 Å². The lowest BCUT2D eigenvalue weighted by molar-refractivity contribution is -0.120. The Hall–Kier alpha value is -2.15. The van der Waals surface area contributed by atoms with Gasteiger partial charge in [0.25, 0.3) is 0 Å². The number of imidazole rings is 2. The number of amides is 1. The van der Waals surface area contributed by atoms with Gasteiger partial charge in [-0.3, -0.25) is 9.20 Å². The van der Waals surface area contributed by atoms with Crippen molar-refractivity contribution in [1.82, 2.24) is 24.7 Å². The highest BCUT2D eigenvalue weighted by Crippen LogP contribution is 2.11. The van der Waals surface area contributed by atoms with Gasteiger partial charge in [-0.1, -0.05) is 0 Å². The van der Waals surface area contributed by atoms with Gasteiger partial charge >= 0.3 is 0 Å². The van der Waals surface area contributed by atoms with Gasteiger partial charge in [0.05, 0.1) is 30.7 Å². The van der Waals surface area contributed by atoms with Crippen molar-refractivity contribution in [3.63, 3.8) is 0 Å². The average Bonchev–Trinajstić information content (AvgIpc) is 3.01. The van der Waals surface area contributed by atoms with E-state index in [4.69, 9.17) is 0 Å². The molecule has 0 aliphatic carbocycles. The lowest BCUT2D eigenvalue weighted by atomic mass is 10.3. The smallest absolute Gasteiger partial charge is 0.226 e. The minimum atomic E-state index is -0.0460. The molecule has 0 fully saturated rings. The Labute approximate surface area is 107 Å². The Morgan fingerprint density at radius 1 is 1.56 bits per heavy atom. The summed E-state index contributed by atoms with van der Waals surface area (Å²) in [5.74, 6) is -0.0460. The summed E-state index contributed by atoms with van der Waals surface area (Å²) >= 11 is 1.55. The van der Waals surface area contributed by atoms with Gasteiger partial charge in [-0.2, -0.15) is 0 Å². The van der Waals surface area contributed by atoms with Crippen LogP contribution in [0.2, 0.25) is 0 Å². The molecule has 6 nitrogen and oxygen atoms in total. The first-order valence-electron chi connectivity index (χ1n) is 5.46. The second-order valence-electron chi connectivity index (χ2n) is 3.86. The first-order valence-corrected chi connectivity index (χ1v) is 6.34. The molecule has 1 amide bonds. The fourth-order valence-corrected chi connectivity index (χ4v) is 2.38. The first-order chi connectivity index (χ1) is 8.81. The number of hydrogen-bond donors (Lipinski definition) is 2. The number of fused-ring (bicyclic) bond motifs is 1. The van der Waals surface area contributed by atoms with Gasteiger partial charge in [0.2, 0.25) is 5.91 Å². The van der Waals surface area contributed by atoms with Crippen molar-refractivity contribution in [2.75, 3.05) is 0 Å². The largest absolute Gasteiger partial charge is 0.350 e. The van der Waals surface area contributed by atoms with Crippen molar-refractivity contribution >= 4 is 22.2 Å². The van der Waals surface area contributed by atoms with Crippen molar-refractivity contribution < 1.29 is 4.79 Å². The number of hydrogen-bond acceptors (Lipinski definition) is 4. The number of rotatable bonds is 4. The molecule has 0 unspecified atom stereocenters. The monoisotopic (exact) mass is 261 g/mol. The molecule has 0 aliphatic rings. The van der Waals surface area contributed by atoms with Crippen LogP contribution in [0.3, 0.4) is 0 Å². The number of nitrogens with one attached hydrogen (secondary N) is 2. The average molecular weight is 261 g/mol. The van der Waals surface area contributed by atoms with Crippen molar-refractivity contribution in [1.29, 1.82) is 0 Å². The number of carbonyl (C=O) groups is 1.